The predicted octanol–water partition coefficient (Wildman–Crippen LogP) is 4.34. The molecule has 0 saturated carbocycles. The van der Waals surface area contributed by atoms with E-state index in [0.717, 1.165) is 24.0 Å². The number of sulfonamides is 1. The molecule has 3 aromatic rings. The van der Waals surface area contributed by atoms with Crippen molar-refractivity contribution in [2.24, 2.45) is 5.73 Å². The number of nitrogens with two attached hydrogens (primary N) is 1. The molecule has 24 heteroatoms. The first-order chi connectivity index (χ1) is 22.8. The monoisotopic (exact) mass is 808 g/mol. The van der Waals surface area contributed by atoms with Crippen LogP contribution in [0.4, 0.5) is 26.4 Å². The van der Waals surface area contributed by atoms with Crippen molar-refractivity contribution in [3.8, 4) is 5.69 Å². The van der Waals surface area contributed by atoms with Gasteiger partial charge in [0, 0.05) is 24.9 Å². The lowest BCUT2D eigenvalue weighted by Gasteiger charge is -2.20. The van der Waals surface area contributed by atoms with Crippen LogP contribution in [0.3, 0.4) is 0 Å². The number of hydrogen-bond acceptors (Lipinski definition) is 13. The van der Waals surface area contributed by atoms with E-state index in [0.29, 0.717) is 16.6 Å². The van der Waals surface area contributed by atoms with Crippen molar-refractivity contribution in [3.05, 3.63) is 38.5 Å². The molecule has 7 N–H and O–H groups in total. The Kier molecular flexibility index (Phi) is 17.0. The molecule has 2 unspecified atom stereocenters. The Labute approximate surface area is 302 Å². The van der Waals surface area contributed by atoms with E-state index in [-0.39, 0.29) is 49.9 Å². The summed E-state index contributed by atoms with van der Waals surface area (Å²) >= 11 is 13.3. The maximum Gasteiger partial charge on any atom is 0.355 e. The second-order valence-corrected chi connectivity index (χ2v) is 17.3. The fourth-order valence-corrected chi connectivity index (χ4v) is 5.66. The summed E-state index contributed by atoms with van der Waals surface area (Å²) in [4.78, 5) is 43.8. The third-order valence-corrected chi connectivity index (χ3v) is 8.37. The van der Waals surface area contributed by atoms with Crippen LogP contribution in [0.5, 0.6) is 0 Å². The summed E-state index contributed by atoms with van der Waals surface area (Å²) in [6.07, 6.45) is 2.85. The first-order valence-corrected chi connectivity index (χ1v) is 20.5. The smallest absolute Gasteiger partial charge is 0.355 e. The molecule has 2 atom stereocenters. The number of carbonyl (C=O) groups is 1. The van der Waals surface area contributed by atoms with Gasteiger partial charge < -0.3 is 26.4 Å². The lowest BCUT2D eigenvalue weighted by molar-refractivity contribution is -0.138. The SMILES string of the molecule is CCNc1nc(NC(C)(C)C)nc(SC)n1.CP(=O)(O)CCC(N)C(=O)O.Cc1nn(-c2cc(NS(C)(=O)=O)c(Cl)cc2Cl)c(=O)n1C(F)F. The first-order valence-electron chi connectivity index (χ1n) is 14.3. The Morgan fingerprint density at radius 2 is 1.74 bits per heavy atom. The molecule has 1 aromatic carbocycles. The van der Waals surface area contributed by atoms with Gasteiger partial charge in [0.1, 0.15) is 11.9 Å². The van der Waals surface area contributed by atoms with Crippen LogP contribution < -0.4 is 26.8 Å². The van der Waals surface area contributed by atoms with Gasteiger partial charge in [-0.3, -0.25) is 14.1 Å². The molecule has 0 aliphatic carbocycles. The van der Waals surface area contributed by atoms with E-state index >= 15 is 0 Å². The number of alkyl halides is 2. The molecule has 17 nitrogen and oxygen atoms in total. The highest BCUT2D eigenvalue weighted by molar-refractivity contribution is 7.98. The van der Waals surface area contributed by atoms with Crippen LogP contribution in [0.25, 0.3) is 5.69 Å². The number of aromatic nitrogens is 6. The summed E-state index contributed by atoms with van der Waals surface area (Å²) in [5.74, 6) is -0.136. The first kappa shape index (κ1) is 45.0. The Morgan fingerprint density at radius 1 is 1.16 bits per heavy atom. The van der Waals surface area contributed by atoms with Gasteiger partial charge >= 0.3 is 18.2 Å². The Hall–Kier alpha value is -3.07. The number of anilines is 3. The van der Waals surface area contributed by atoms with Crippen molar-refractivity contribution in [1.82, 2.24) is 29.3 Å². The molecule has 2 aromatic heterocycles. The van der Waals surface area contributed by atoms with Gasteiger partial charge in [0.05, 0.1) is 27.7 Å². The molecular weight excluding hydrogens is 768 g/mol. The number of hydrogen-bond donors (Lipinski definition) is 6. The highest BCUT2D eigenvalue weighted by Gasteiger charge is 2.21. The number of halogens is 4. The highest BCUT2D eigenvalue weighted by atomic mass is 35.5. The lowest BCUT2D eigenvalue weighted by atomic mass is 10.1. The number of rotatable bonds is 12. The van der Waals surface area contributed by atoms with Crippen LogP contribution >= 0.6 is 42.3 Å². The molecule has 0 bridgehead atoms. The molecule has 0 amide bonds. The van der Waals surface area contributed by atoms with Crippen LogP contribution in [-0.4, -0.2) is 97.2 Å². The molecule has 0 aliphatic rings. The molecule has 3 rings (SSSR count). The van der Waals surface area contributed by atoms with E-state index in [1.165, 1.54) is 31.4 Å². The van der Waals surface area contributed by atoms with Gasteiger partial charge in [-0.05, 0) is 59.4 Å². The van der Waals surface area contributed by atoms with Crippen molar-refractivity contribution in [1.29, 1.82) is 0 Å². The van der Waals surface area contributed by atoms with Gasteiger partial charge in [0.15, 0.2) is 12.5 Å². The van der Waals surface area contributed by atoms with Crippen LogP contribution in [0, 0.1) is 6.92 Å². The van der Waals surface area contributed by atoms with Gasteiger partial charge in [-0.15, -0.1) is 5.10 Å². The highest BCUT2D eigenvalue weighted by Crippen LogP contribution is 2.35. The predicted molar refractivity (Wildman–Crippen MR) is 192 cm³/mol. The molecule has 0 spiro atoms. The number of nitrogens with zero attached hydrogens (tertiary/aromatic N) is 6. The van der Waals surface area contributed by atoms with Crippen LogP contribution in [0.2, 0.25) is 10.0 Å². The summed E-state index contributed by atoms with van der Waals surface area (Å²) < 4.78 is 61.9. The molecule has 2 heterocycles. The van der Waals surface area contributed by atoms with Crippen LogP contribution in [-0.2, 0) is 19.4 Å². The number of carboxylic acid groups (broad SMARTS) is 1. The third kappa shape index (κ3) is 15.9. The van der Waals surface area contributed by atoms with Gasteiger partial charge in [0.25, 0.3) is 0 Å². The number of aryl methyl sites for hydroxylation is 1. The van der Waals surface area contributed by atoms with E-state index in [1.54, 1.807) is 0 Å². The van der Waals surface area contributed by atoms with Crippen LogP contribution in [0.15, 0.2) is 22.1 Å². The number of thioether (sulfide) groups is 1. The third-order valence-electron chi connectivity index (χ3n) is 5.53. The van der Waals surface area contributed by atoms with E-state index in [2.05, 4.69) is 56.2 Å². The van der Waals surface area contributed by atoms with E-state index < -0.39 is 41.6 Å². The second-order valence-electron chi connectivity index (χ2n) is 11.4. The Morgan fingerprint density at radius 3 is 2.18 bits per heavy atom. The van der Waals surface area contributed by atoms with Crippen molar-refractivity contribution in [2.45, 2.75) is 64.3 Å². The van der Waals surface area contributed by atoms with Crippen molar-refractivity contribution in [2.75, 3.05) is 47.2 Å². The molecule has 0 saturated heterocycles. The maximum absolute atomic E-state index is 12.8. The molecule has 0 aliphatic heterocycles. The fourth-order valence-electron chi connectivity index (χ4n) is 3.41. The lowest BCUT2D eigenvalue weighted by Crippen LogP contribution is -2.30. The molecule has 0 radical (unpaired) electrons. The normalized spacial score (nSPS) is 13.3. The number of nitrogens with one attached hydrogen (secondary N) is 3. The Bertz CT molecular complexity index is 1840. The minimum Gasteiger partial charge on any atom is -0.480 e. The number of benzene rings is 1. The molecule has 50 heavy (non-hydrogen) atoms. The van der Waals surface area contributed by atoms with Crippen molar-refractivity contribution < 1.29 is 36.6 Å². The van der Waals surface area contributed by atoms with Gasteiger partial charge in [-0.2, -0.15) is 28.4 Å². The fraction of sp³-hybridized carbons (Fsp3) is 0.538. The van der Waals surface area contributed by atoms with Gasteiger partial charge in [-0.1, -0.05) is 35.0 Å². The summed E-state index contributed by atoms with van der Waals surface area (Å²) in [6, 6.07) is 1.28. The van der Waals surface area contributed by atoms with Crippen molar-refractivity contribution in [3.63, 3.8) is 0 Å². The summed E-state index contributed by atoms with van der Waals surface area (Å²) in [5, 5.41) is 19.0. The van der Waals surface area contributed by atoms with E-state index in [9.17, 15) is 31.4 Å². The van der Waals surface area contributed by atoms with E-state index in [1.807, 2.05) is 13.2 Å². The topological polar surface area (TPSA) is 249 Å². The standard InChI is InChI=1S/C11H10Cl2F2N4O3S.C10H19N5S.C5H12NO4P/c1-5-16-19(11(20)18(5)10(14)15)9-4-8(17-23(2,21)22)6(12)3-7(9)13;1-6-11-7-12-8(15-10(2,3)4)14-9(13-7)16-5;1-11(9,10)3-2-4(6)5(7)8/h3-4,10,17H,1-2H3;6H2,1-5H3,(H2,11,12,13,14,15);4H,2-3,6H2,1H3,(H,7,8)(H,9,10). The zero-order valence-corrected chi connectivity index (χ0v) is 32.4. The summed E-state index contributed by atoms with van der Waals surface area (Å²) in [5.41, 5.74) is 3.77. The summed E-state index contributed by atoms with van der Waals surface area (Å²) in [7, 11) is -6.75. The minimum absolute atomic E-state index is 0.0257. The molecule has 0 fully saturated rings. The van der Waals surface area contributed by atoms with Gasteiger partial charge in [-0.25, -0.2) is 17.8 Å². The summed E-state index contributed by atoms with van der Waals surface area (Å²) in [6.45, 7) is 8.36. The average molecular weight is 810 g/mol. The quantitative estimate of drug-likeness (QED) is 0.110. The number of aliphatic carboxylic acids is 1. The molecule has 282 valence electrons. The maximum atomic E-state index is 12.8. The van der Waals surface area contributed by atoms with E-state index in [4.69, 9.17) is 38.9 Å². The average Bonchev–Trinajstić information content (AvgIpc) is 3.25. The Balaban J connectivity index is 0.000000404. The number of carboxylic acids is 1. The van der Waals surface area contributed by atoms with Crippen LogP contribution in [0.1, 0.15) is 46.5 Å². The molecular formula is C26H41Cl2F2N10O7PS2. The second kappa shape index (κ2) is 19.0. The van der Waals surface area contributed by atoms with Crippen molar-refractivity contribution >= 4 is 75.9 Å². The zero-order chi connectivity index (χ0) is 38.8. The van der Waals surface area contributed by atoms with Gasteiger partial charge in [0.2, 0.25) is 21.9 Å². The minimum atomic E-state index is -3.65. The largest absolute Gasteiger partial charge is 0.480 e. The zero-order valence-electron chi connectivity index (χ0n) is 28.4.